The fourth-order valence-corrected chi connectivity index (χ4v) is 9.77. The molecule has 2 atom stereocenters. The molecule has 0 aliphatic rings. The van der Waals surface area contributed by atoms with E-state index >= 15 is 0 Å². The van der Waals surface area contributed by atoms with Gasteiger partial charge in [0.05, 0.1) is 158 Å². The number of nitrogens with one attached hydrogen (secondary N) is 8. The number of carbonyl (C=O) groups is 4. The molecule has 0 rings (SSSR count). The molecule has 720 valence electrons. The van der Waals surface area contributed by atoms with Crippen LogP contribution in [0.2, 0.25) is 0 Å². The second kappa shape index (κ2) is 101. The molecule has 0 bridgehead atoms. The minimum Gasteiger partial charge on any atom is -0.466 e. The fraction of sp³-hybridized carbons (Fsp3) is 0.956. The van der Waals surface area contributed by atoms with Crippen LogP contribution in [0.5, 0.6) is 0 Å². The highest BCUT2D eigenvalue weighted by atomic mass is 16.6. The van der Waals surface area contributed by atoms with E-state index in [1.807, 2.05) is 27.7 Å². The predicted octanol–water partition coefficient (Wildman–Crippen LogP) is 9.25. The maximum absolute atomic E-state index is 11.6. The van der Waals surface area contributed by atoms with Crippen molar-refractivity contribution in [2.45, 2.75) is 226 Å². The van der Waals surface area contributed by atoms with E-state index in [4.69, 9.17) is 75.8 Å². The van der Waals surface area contributed by atoms with Gasteiger partial charge in [0, 0.05) is 131 Å². The lowest BCUT2D eigenvalue weighted by atomic mass is 10.1. The van der Waals surface area contributed by atoms with Crippen molar-refractivity contribution in [3.63, 3.8) is 0 Å². The first-order valence-corrected chi connectivity index (χ1v) is 46.4. The van der Waals surface area contributed by atoms with E-state index in [0.29, 0.717) is 245 Å². The number of hydrogen-bond donors (Lipinski definition) is 10. The number of ether oxygens (including phenoxy) is 16. The van der Waals surface area contributed by atoms with E-state index in [9.17, 15) is 29.4 Å². The van der Waals surface area contributed by atoms with Gasteiger partial charge in [-0.2, -0.15) is 0 Å². The summed E-state index contributed by atoms with van der Waals surface area (Å²) in [6, 6.07) is 0. The van der Waals surface area contributed by atoms with Crippen LogP contribution in [-0.4, -0.2) is 336 Å². The second-order valence-electron chi connectivity index (χ2n) is 33.4. The van der Waals surface area contributed by atoms with Crippen molar-refractivity contribution in [3.05, 3.63) is 0 Å². The van der Waals surface area contributed by atoms with E-state index in [1.165, 1.54) is 0 Å². The highest BCUT2D eigenvalue weighted by Gasteiger charge is 2.11. The van der Waals surface area contributed by atoms with Crippen molar-refractivity contribution in [3.8, 4) is 0 Å². The Morgan fingerprint density at radius 3 is 0.742 bits per heavy atom. The third-order valence-corrected chi connectivity index (χ3v) is 16.3. The molecule has 0 aliphatic heterocycles. The van der Waals surface area contributed by atoms with Crippen LogP contribution >= 0.6 is 0 Å². The molecule has 0 aromatic heterocycles. The van der Waals surface area contributed by atoms with Crippen LogP contribution in [0.25, 0.3) is 0 Å². The topological polar surface area (TPSA) is 353 Å². The summed E-state index contributed by atoms with van der Waals surface area (Å²) in [5, 5.41) is 45.6. The molecule has 0 aromatic rings. The molecule has 30 heteroatoms. The molecule has 0 saturated heterocycles. The minimum atomic E-state index is -0.491. The summed E-state index contributed by atoms with van der Waals surface area (Å²) in [5.41, 5.74) is 0. The van der Waals surface area contributed by atoms with Crippen LogP contribution < -0.4 is 42.5 Å². The number of carbonyl (C=O) groups excluding carboxylic acids is 4. The van der Waals surface area contributed by atoms with Crippen LogP contribution in [0.1, 0.15) is 214 Å². The first kappa shape index (κ1) is 123. The lowest BCUT2D eigenvalue weighted by Gasteiger charge is -2.14. The molecule has 0 radical (unpaired) electrons. The number of unbranched alkanes of at least 4 members (excludes halogenated alkanes) is 3. The number of rotatable bonds is 90. The highest BCUT2D eigenvalue weighted by molar-refractivity contribution is 5.70. The molecule has 0 heterocycles. The Bertz CT molecular complexity index is 1960. The first-order valence-electron chi connectivity index (χ1n) is 46.4. The normalized spacial score (nSPS) is 12.1. The molecule has 0 aliphatic carbocycles. The molecule has 30 nitrogen and oxygen atoms in total. The van der Waals surface area contributed by atoms with E-state index < -0.39 is 12.2 Å². The Morgan fingerprint density at radius 1 is 0.200 bits per heavy atom. The summed E-state index contributed by atoms with van der Waals surface area (Å²) in [4.78, 5) is 46.1. The molecule has 2 unspecified atom stereocenters. The Morgan fingerprint density at radius 2 is 0.450 bits per heavy atom. The summed E-state index contributed by atoms with van der Waals surface area (Å²) in [5.74, 6) is 3.77. The summed E-state index contributed by atoms with van der Waals surface area (Å²) < 4.78 is 86.6. The molecule has 0 saturated carbocycles. The Kier molecular flexibility index (Phi) is 104. The summed E-state index contributed by atoms with van der Waals surface area (Å²) in [6.45, 7) is 63.7. The van der Waals surface area contributed by atoms with Gasteiger partial charge in [-0.05, 0) is 164 Å². The van der Waals surface area contributed by atoms with Crippen LogP contribution in [0.15, 0.2) is 0 Å². The van der Waals surface area contributed by atoms with Crippen molar-refractivity contribution in [1.82, 2.24) is 42.5 Å². The number of hydrogen-bond acceptors (Lipinski definition) is 30. The van der Waals surface area contributed by atoms with Gasteiger partial charge >= 0.3 is 23.9 Å². The van der Waals surface area contributed by atoms with Crippen molar-refractivity contribution < 1.29 is 105 Å². The lowest BCUT2D eigenvalue weighted by molar-refractivity contribution is -0.145. The van der Waals surface area contributed by atoms with E-state index in [2.05, 4.69) is 126 Å². The van der Waals surface area contributed by atoms with Gasteiger partial charge in [0.1, 0.15) is 0 Å². The third-order valence-electron chi connectivity index (χ3n) is 16.3. The van der Waals surface area contributed by atoms with Gasteiger partial charge in [0.2, 0.25) is 0 Å². The van der Waals surface area contributed by atoms with E-state index in [-0.39, 0.29) is 23.9 Å². The lowest BCUT2D eigenvalue weighted by Crippen LogP contribution is -2.33. The van der Waals surface area contributed by atoms with Crippen molar-refractivity contribution in [1.29, 1.82) is 0 Å². The zero-order chi connectivity index (χ0) is 89.5. The standard InChI is InChI=1S/C27H54N2O6.C23H46N2O6.C20H44N2O6.C20H44N2O4/c1-24(2)10-9-18-34-26(30)11-5-7-14-28-16-20-32-22-23-33-21-17-29-15-8-6-12-27(31)35-19-13-25(3)4;1-20(2)18-30-22(26)8-5-6-10-24-12-14-28-16-17-29-15-13-25-11-7-9-23(27)31-19-21(3)4;1-17(2)13-27-15-19(23)11-21-5-7-25-9-10-26-8-6-22-12-20(24)16-28-14-18(3)4;1-19(2)17-25-11-5-7-21-9-13-23-15-16-24-14-10-22-8-6-12-26-18-20(3)4/h24-25,28-29H,5-23H2,1-4H3;20-21,24-25H,5-19H2,1-4H3;17-24H,5-16H2,1-4H3;19-22H,5-18H2,1-4H3. The fourth-order valence-electron chi connectivity index (χ4n) is 9.77. The second-order valence-corrected chi connectivity index (χ2v) is 33.4. The highest BCUT2D eigenvalue weighted by Crippen LogP contribution is 2.07. The average molecular weight is 1730 g/mol. The van der Waals surface area contributed by atoms with E-state index in [1.54, 1.807) is 0 Å². The van der Waals surface area contributed by atoms with Gasteiger partial charge in [-0.3, -0.25) is 19.2 Å². The van der Waals surface area contributed by atoms with Gasteiger partial charge in [-0.25, -0.2) is 0 Å². The van der Waals surface area contributed by atoms with Crippen LogP contribution in [0, 0.1) is 47.3 Å². The molecule has 0 spiro atoms. The van der Waals surface area contributed by atoms with Crippen LogP contribution in [0.3, 0.4) is 0 Å². The maximum Gasteiger partial charge on any atom is 0.305 e. The molecule has 0 aromatic carbocycles. The zero-order valence-electron chi connectivity index (χ0n) is 79.3. The summed E-state index contributed by atoms with van der Waals surface area (Å²) >= 11 is 0. The Labute approximate surface area is 731 Å². The van der Waals surface area contributed by atoms with Crippen molar-refractivity contribution >= 4 is 23.9 Å². The summed E-state index contributed by atoms with van der Waals surface area (Å²) in [7, 11) is 0. The van der Waals surface area contributed by atoms with Gasteiger partial charge in [-0.1, -0.05) is 111 Å². The van der Waals surface area contributed by atoms with Crippen molar-refractivity contribution in [2.24, 2.45) is 47.3 Å². The zero-order valence-corrected chi connectivity index (χ0v) is 79.3. The number of aliphatic hydroxyl groups is 2. The van der Waals surface area contributed by atoms with Crippen LogP contribution in [-0.2, 0) is 95.0 Å². The Balaban J connectivity index is -0.000000752. The van der Waals surface area contributed by atoms with Gasteiger partial charge < -0.3 is 129 Å². The third kappa shape index (κ3) is 121. The Hall–Kier alpha value is -3.00. The minimum absolute atomic E-state index is 0.0817. The van der Waals surface area contributed by atoms with Gasteiger partial charge in [0.15, 0.2) is 0 Å². The molecule has 120 heavy (non-hydrogen) atoms. The summed E-state index contributed by atoms with van der Waals surface area (Å²) in [6.07, 6.45) is 12.2. The smallest absolute Gasteiger partial charge is 0.305 e. The molecular formula is C90H188N8O22. The van der Waals surface area contributed by atoms with Gasteiger partial charge in [-0.15, -0.1) is 0 Å². The quantitative estimate of drug-likeness (QED) is 0.0154. The number of aliphatic hydroxyl groups excluding tert-OH is 2. The monoisotopic (exact) mass is 1730 g/mol. The van der Waals surface area contributed by atoms with Crippen molar-refractivity contribution in [2.75, 3.05) is 290 Å². The van der Waals surface area contributed by atoms with Gasteiger partial charge in [0.25, 0.3) is 0 Å². The predicted molar refractivity (Wildman–Crippen MR) is 481 cm³/mol. The SMILES string of the molecule is CC(C)CCCOC(=O)CCCCNCCOCCOCCNCCCCC(=O)OCCC(C)C.CC(C)COC(=O)CCCCNCCOCCOCCNCCCC(=O)OCC(C)C.CC(C)COCC(O)CNCCOCCOCCNCC(O)COCC(C)C.CC(C)COCCCNCCOCCOCCNCCCOCC(C)C. The molecular weight excluding hydrogens is 1550 g/mol. The van der Waals surface area contributed by atoms with E-state index in [0.717, 1.165) is 195 Å². The molecule has 10 N–H and O–H groups in total. The first-order chi connectivity index (χ1) is 57.9. The number of esters is 4. The average Bonchev–Trinajstić information content (AvgIpc) is 1.12. The van der Waals surface area contributed by atoms with Crippen LogP contribution in [0.4, 0.5) is 0 Å². The molecule has 0 fully saturated rings. The molecule has 0 amide bonds. The largest absolute Gasteiger partial charge is 0.466 e. The maximum atomic E-state index is 11.6.